The third kappa shape index (κ3) is 5.21. The summed E-state index contributed by atoms with van der Waals surface area (Å²) in [5, 5.41) is 0. The van der Waals surface area contributed by atoms with E-state index in [4.69, 9.17) is 4.74 Å². The van der Waals surface area contributed by atoms with Gasteiger partial charge in [0, 0.05) is 5.92 Å². The van der Waals surface area contributed by atoms with Crippen molar-refractivity contribution < 1.29 is 9.53 Å². The maximum atomic E-state index is 12.5. The molecule has 0 saturated heterocycles. The molecule has 2 aliphatic carbocycles. The number of esters is 1. The van der Waals surface area contributed by atoms with E-state index in [0.717, 1.165) is 12.8 Å². The molecule has 0 bridgehead atoms. The number of hydrogen-bond donors (Lipinski definition) is 0. The van der Waals surface area contributed by atoms with Gasteiger partial charge in [-0.3, -0.25) is 4.79 Å². The van der Waals surface area contributed by atoms with Gasteiger partial charge in [0.2, 0.25) is 0 Å². The number of carbonyl (C=O) groups excluding carboxylic acids is 1. The first-order valence-electron chi connectivity index (χ1n) is 10.2. The topological polar surface area (TPSA) is 26.3 Å². The first-order chi connectivity index (χ1) is 11.6. The Morgan fingerprint density at radius 1 is 1.32 bits per heavy atom. The Hall–Kier alpha value is -1.05. The van der Waals surface area contributed by atoms with E-state index in [2.05, 4.69) is 59.8 Å². The molecule has 2 aliphatic rings. The first kappa shape index (κ1) is 20.3. The van der Waals surface area contributed by atoms with Crippen molar-refractivity contribution in [2.75, 3.05) is 0 Å². The fourth-order valence-corrected chi connectivity index (χ4v) is 4.25. The zero-order valence-electron chi connectivity index (χ0n) is 17.3. The minimum atomic E-state index is -0.0160. The van der Waals surface area contributed by atoms with Crippen molar-refractivity contribution in [3.63, 3.8) is 0 Å². The molecule has 0 aliphatic heterocycles. The van der Waals surface area contributed by atoms with E-state index in [0.29, 0.717) is 29.1 Å². The van der Waals surface area contributed by atoms with E-state index in [1.165, 1.54) is 18.4 Å². The zero-order valence-corrected chi connectivity index (χ0v) is 17.3. The van der Waals surface area contributed by atoms with Gasteiger partial charge < -0.3 is 4.74 Å². The summed E-state index contributed by atoms with van der Waals surface area (Å²) in [5.74, 6) is 1.93. The van der Waals surface area contributed by atoms with Crippen LogP contribution in [0.15, 0.2) is 23.8 Å². The summed E-state index contributed by atoms with van der Waals surface area (Å²) in [6, 6.07) is 0. The Morgan fingerprint density at radius 2 is 2.00 bits per heavy atom. The highest BCUT2D eigenvalue weighted by atomic mass is 16.5. The van der Waals surface area contributed by atoms with Gasteiger partial charge in [-0.2, -0.15) is 0 Å². The summed E-state index contributed by atoms with van der Waals surface area (Å²) in [6.45, 7) is 15.5. The summed E-state index contributed by atoms with van der Waals surface area (Å²) < 4.78 is 6.08. The SMILES string of the molecule is CC[C@H](C)C(=O)O[C@H]1CC(C)C=C2C=C[C@H](C)[C@H](CCC(C)(C)C)[C@H]21. The van der Waals surface area contributed by atoms with E-state index in [9.17, 15) is 4.79 Å². The van der Waals surface area contributed by atoms with Gasteiger partial charge in [0.15, 0.2) is 0 Å². The van der Waals surface area contributed by atoms with Gasteiger partial charge in [0.25, 0.3) is 0 Å². The van der Waals surface area contributed by atoms with Crippen molar-refractivity contribution in [1.29, 1.82) is 0 Å². The van der Waals surface area contributed by atoms with E-state index in [-0.39, 0.29) is 18.0 Å². The van der Waals surface area contributed by atoms with Crippen LogP contribution in [0, 0.1) is 35.0 Å². The fourth-order valence-electron chi connectivity index (χ4n) is 4.25. The third-order valence-electron chi connectivity index (χ3n) is 6.11. The van der Waals surface area contributed by atoms with E-state index < -0.39 is 0 Å². The summed E-state index contributed by atoms with van der Waals surface area (Å²) in [4.78, 5) is 12.5. The molecule has 25 heavy (non-hydrogen) atoms. The molecule has 0 aromatic carbocycles. The van der Waals surface area contributed by atoms with Gasteiger partial charge in [-0.05, 0) is 54.4 Å². The Kier molecular flexibility index (Phi) is 6.56. The van der Waals surface area contributed by atoms with Crippen molar-refractivity contribution in [2.24, 2.45) is 35.0 Å². The monoisotopic (exact) mass is 346 g/mol. The van der Waals surface area contributed by atoms with Crippen LogP contribution in [0.2, 0.25) is 0 Å². The quantitative estimate of drug-likeness (QED) is 0.556. The largest absolute Gasteiger partial charge is 0.461 e. The number of carbonyl (C=O) groups is 1. The molecule has 0 N–H and O–H groups in total. The van der Waals surface area contributed by atoms with Crippen LogP contribution in [-0.4, -0.2) is 12.1 Å². The van der Waals surface area contributed by atoms with Gasteiger partial charge in [0.05, 0.1) is 5.92 Å². The maximum Gasteiger partial charge on any atom is 0.308 e. The number of fused-ring (bicyclic) bond motifs is 1. The van der Waals surface area contributed by atoms with E-state index in [1.807, 2.05) is 6.92 Å². The maximum absolute atomic E-state index is 12.5. The highest BCUT2D eigenvalue weighted by molar-refractivity contribution is 5.72. The van der Waals surface area contributed by atoms with Crippen molar-refractivity contribution in [3.8, 4) is 0 Å². The molecular weight excluding hydrogens is 308 g/mol. The highest BCUT2D eigenvalue weighted by Crippen LogP contribution is 2.45. The smallest absolute Gasteiger partial charge is 0.308 e. The first-order valence-corrected chi connectivity index (χ1v) is 10.2. The molecule has 0 amide bonds. The van der Waals surface area contributed by atoms with Crippen molar-refractivity contribution in [2.45, 2.75) is 80.3 Å². The van der Waals surface area contributed by atoms with Crippen LogP contribution in [0.1, 0.15) is 74.1 Å². The Balaban J connectivity index is 2.23. The molecule has 2 nitrogen and oxygen atoms in total. The lowest BCUT2D eigenvalue weighted by atomic mass is 9.64. The molecule has 0 aromatic rings. The second-order valence-corrected chi connectivity index (χ2v) is 9.67. The van der Waals surface area contributed by atoms with Gasteiger partial charge in [-0.25, -0.2) is 0 Å². The van der Waals surface area contributed by atoms with Gasteiger partial charge in [0.1, 0.15) is 6.10 Å². The summed E-state index contributed by atoms with van der Waals surface area (Å²) in [7, 11) is 0. The van der Waals surface area contributed by atoms with E-state index >= 15 is 0 Å². The normalized spacial score (nSPS) is 33.4. The molecule has 2 rings (SSSR count). The molecule has 142 valence electrons. The van der Waals surface area contributed by atoms with Crippen LogP contribution in [-0.2, 0) is 9.53 Å². The van der Waals surface area contributed by atoms with Crippen molar-refractivity contribution in [1.82, 2.24) is 0 Å². The minimum Gasteiger partial charge on any atom is -0.461 e. The summed E-state index contributed by atoms with van der Waals surface area (Å²) >= 11 is 0. The molecule has 2 heteroatoms. The van der Waals surface area contributed by atoms with Crippen LogP contribution in [0.4, 0.5) is 0 Å². The second-order valence-electron chi connectivity index (χ2n) is 9.67. The van der Waals surface area contributed by atoms with Crippen molar-refractivity contribution in [3.05, 3.63) is 23.8 Å². The van der Waals surface area contributed by atoms with Crippen LogP contribution in [0.5, 0.6) is 0 Å². The Morgan fingerprint density at radius 3 is 2.60 bits per heavy atom. The number of allylic oxidation sites excluding steroid dienone is 3. The lowest BCUT2D eigenvalue weighted by Gasteiger charge is -2.43. The van der Waals surface area contributed by atoms with Crippen LogP contribution in [0.25, 0.3) is 0 Å². The Labute approximate surface area is 155 Å². The number of hydrogen-bond acceptors (Lipinski definition) is 2. The third-order valence-corrected chi connectivity index (χ3v) is 6.11. The van der Waals surface area contributed by atoms with Crippen LogP contribution >= 0.6 is 0 Å². The molecule has 1 unspecified atom stereocenters. The van der Waals surface area contributed by atoms with Gasteiger partial charge in [-0.1, -0.05) is 66.7 Å². The van der Waals surface area contributed by atoms with Crippen molar-refractivity contribution >= 4 is 5.97 Å². The summed E-state index contributed by atoms with van der Waals surface area (Å²) in [5.41, 5.74) is 1.74. The zero-order chi connectivity index (χ0) is 18.8. The highest BCUT2D eigenvalue weighted by Gasteiger charge is 2.41. The van der Waals surface area contributed by atoms with Gasteiger partial charge in [-0.15, -0.1) is 0 Å². The lowest BCUT2D eigenvalue weighted by molar-refractivity contribution is -0.158. The predicted octanol–water partition coefficient (Wildman–Crippen LogP) is 6.18. The second kappa shape index (κ2) is 8.10. The van der Waals surface area contributed by atoms with Crippen LogP contribution in [0.3, 0.4) is 0 Å². The average molecular weight is 347 g/mol. The lowest BCUT2D eigenvalue weighted by Crippen LogP contribution is -2.41. The molecule has 0 heterocycles. The van der Waals surface area contributed by atoms with E-state index in [1.54, 1.807) is 0 Å². The molecule has 0 fully saturated rings. The minimum absolute atomic E-state index is 0.00533. The molecular formula is C23H38O2. The average Bonchev–Trinajstić information content (AvgIpc) is 2.52. The number of rotatable bonds is 5. The molecule has 0 spiro atoms. The Bertz CT molecular complexity index is 523. The molecule has 0 radical (unpaired) electrons. The predicted molar refractivity (Wildman–Crippen MR) is 105 cm³/mol. The van der Waals surface area contributed by atoms with Gasteiger partial charge >= 0.3 is 5.97 Å². The molecule has 6 atom stereocenters. The summed E-state index contributed by atoms with van der Waals surface area (Å²) in [6.07, 6.45) is 11.3. The molecule has 0 aromatic heterocycles. The fraction of sp³-hybridized carbons (Fsp3) is 0.783. The number of ether oxygens (including phenoxy) is 1. The standard InChI is InChI=1S/C23H38O2/c1-8-16(3)22(24)25-20-14-15(2)13-18-10-9-17(4)19(21(18)20)11-12-23(5,6)7/h9-10,13,15-17,19-21H,8,11-12,14H2,1-7H3/t15?,16-,17-,19-,20-,21-/m0/s1. The molecule has 0 saturated carbocycles. The van der Waals surface area contributed by atoms with Crippen LogP contribution < -0.4 is 0 Å².